The van der Waals surface area contributed by atoms with Crippen molar-refractivity contribution in [3.8, 4) is 0 Å². The Hall–Kier alpha value is -2.39. The van der Waals surface area contributed by atoms with Gasteiger partial charge in [0.05, 0.1) is 31.1 Å². The van der Waals surface area contributed by atoms with Crippen LogP contribution >= 0.6 is 0 Å². The number of amides is 1. The summed E-state index contributed by atoms with van der Waals surface area (Å²) in [6.07, 6.45) is 2.55. The third-order valence-corrected chi connectivity index (χ3v) is 8.59. The van der Waals surface area contributed by atoms with Crippen LogP contribution in [-0.2, 0) is 21.4 Å². The van der Waals surface area contributed by atoms with Gasteiger partial charge in [0.15, 0.2) is 0 Å². The first-order chi connectivity index (χ1) is 18.6. The van der Waals surface area contributed by atoms with Gasteiger partial charge in [-0.25, -0.2) is 4.39 Å². The average Bonchev–Trinajstić information content (AvgIpc) is 3.17. The van der Waals surface area contributed by atoms with Gasteiger partial charge >= 0.3 is 0 Å². The summed E-state index contributed by atoms with van der Waals surface area (Å²) in [7, 11) is 0. The summed E-state index contributed by atoms with van der Waals surface area (Å²) in [6, 6.07) is 9.71. The summed E-state index contributed by atoms with van der Waals surface area (Å²) in [5, 5.41) is 3.64. The van der Waals surface area contributed by atoms with Crippen LogP contribution in [0.5, 0.6) is 0 Å². The van der Waals surface area contributed by atoms with E-state index in [1.54, 1.807) is 12.1 Å². The Morgan fingerprint density at radius 2 is 1.97 bits per heavy atom. The predicted octanol–water partition coefficient (Wildman–Crippen LogP) is 3.45. The van der Waals surface area contributed by atoms with Crippen LogP contribution in [0.2, 0.25) is 0 Å². The molecule has 0 bridgehead atoms. The molecule has 39 heavy (non-hydrogen) atoms. The fourth-order valence-corrected chi connectivity index (χ4v) is 6.37. The molecule has 7 nitrogen and oxygen atoms in total. The van der Waals surface area contributed by atoms with Gasteiger partial charge in [-0.15, -0.1) is 0 Å². The number of aromatic nitrogens is 1. The molecule has 212 valence electrons. The Labute approximate surface area is 232 Å². The summed E-state index contributed by atoms with van der Waals surface area (Å²) in [5.41, 5.74) is 3.72. The minimum Gasteiger partial charge on any atom is -0.378 e. The molecule has 1 aromatic carbocycles. The van der Waals surface area contributed by atoms with Crippen LogP contribution in [0.1, 0.15) is 51.4 Å². The molecule has 0 saturated carbocycles. The van der Waals surface area contributed by atoms with Crippen molar-refractivity contribution < 1.29 is 13.9 Å². The van der Waals surface area contributed by atoms with Gasteiger partial charge in [0.2, 0.25) is 5.91 Å². The van der Waals surface area contributed by atoms with E-state index in [4.69, 9.17) is 9.72 Å². The molecule has 5 rings (SSSR count). The zero-order valence-electron chi connectivity index (χ0n) is 24.1. The maximum atomic E-state index is 13.9. The number of anilines is 1. The van der Waals surface area contributed by atoms with Crippen molar-refractivity contribution in [2.45, 2.75) is 64.6 Å². The minimum absolute atomic E-state index is 0.129. The van der Waals surface area contributed by atoms with E-state index in [0.29, 0.717) is 37.5 Å². The molecule has 0 radical (unpaired) electrons. The maximum Gasteiger partial charge on any atom is 0.241 e. The van der Waals surface area contributed by atoms with Crippen LogP contribution in [0.25, 0.3) is 0 Å². The average molecular weight is 538 g/mol. The third kappa shape index (κ3) is 6.35. The highest BCUT2D eigenvalue weighted by Crippen LogP contribution is 2.39. The number of nitrogens with zero attached hydrogens (tertiary/aromatic N) is 4. The first-order valence-corrected chi connectivity index (χ1v) is 14.4. The van der Waals surface area contributed by atoms with Crippen LogP contribution < -0.4 is 10.2 Å². The number of halogens is 1. The number of hydrogen-bond donors (Lipinski definition) is 1. The van der Waals surface area contributed by atoms with E-state index in [-0.39, 0.29) is 23.2 Å². The van der Waals surface area contributed by atoms with E-state index in [1.807, 2.05) is 11.1 Å². The summed E-state index contributed by atoms with van der Waals surface area (Å²) in [5.74, 6) is 0.415. The van der Waals surface area contributed by atoms with Gasteiger partial charge in [0.1, 0.15) is 5.82 Å². The number of pyridine rings is 1. The zero-order valence-corrected chi connectivity index (χ0v) is 24.1. The van der Waals surface area contributed by atoms with Crippen LogP contribution in [0.4, 0.5) is 10.1 Å². The topological polar surface area (TPSA) is 60.9 Å². The molecule has 1 N–H and O–H groups in total. The van der Waals surface area contributed by atoms with Crippen LogP contribution in [0.3, 0.4) is 0 Å². The minimum atomic E-state index is -0.238. The smallest absolute Gasteiger partial charge is 0.241 e. The van der Waals surface area contributed by atoms with Gasteiger partial charge in [-0.05, 0) is 48.6 Å². The van der Waals surface area contributed by atoms with Crippen molar-refractivity contribution in [3.05, 3.63) is 59.2 Å². The van der Waals surface area contributed by atoms with Gasteiger partial charge in [-0.1, -0.05) is 39.8 Å². The first kappa shape index (κ1) is 28.1. The molecule has 8 heteroatoms. The molecule has 0 aliphatic carbocycles. The molecule has 1 aromatic heterocycles. The third-order valence-electron chi connectivity index (χ3n) is 8.59. The predicted molar refractivity (Wildman–Crippen MR) is 153 cm³/mol. The molecule has 2 aromatic rings. The van der Waals surface area contributed by atoms with E-state index in [0.717, 1.165) is 61.9 Å². The van der Waals surface area contributed by atoms with Crippen molar-refractivity contribution in [2.24, 2.45) is 5.92 Å². The van der Waals surface area contributed by atoms with Crippen molar-refractivity contribution >= 4 is 11.6 Å². The van der Waals surface area contributed by atoms with Gasteiger partial charge in [-0.3, -0.25) is 19.6 Å². The SMILES string of the molecule is CC(C)C1COCCN1C[C@H]1CN[C@H](C)CN1CC(=O)N1CC(C)(C)c2ncc(Cc3ccc(F)cc3)cc21. The number of rotatable bonds is 7. The summed E-state index contributed by atoms with van der Waals surface area (Å²) in [6.45, 7) is 17.2. The second-order valence-corrected chi connectivity index (χ2v) is 12.7. The molecule has 3 aliphatic rings. The van der Waals surface area contributed by atoms with E-state index in [2.05, 4.69) is 55.8 Å². The fourth-order valence-electron chi connectivity index (χ4n) is 6.37. The Bertz CT molecular complexity index is 1150. The number of carbonyl (C=O) groups is 1. The maximum absolute atomic E-state index is 13.9. The molecule has 3 aliphatic heterocycles. The van der Waals surface area contributed by atoms with E-state index in [9.17, 15) is 9.18 Å². The fraction of sp³-hybridized carbons (Fsp3) is 0.613. The highest BCUT2D eigenvalue weighted by atomic mass is 19.1. The van der Waals surface area contributed by atoms with Crippen molar-refractivity contribution in [1.82, 2.24) is 20.1 Å². The lowest BCUT2D eigenvalue weighted by Gasteiger charge is -2.45. The standard InChI is InChI=1S/C31H44FN5O2/c1-21(2)28-19-39-11-10-35(28)17-26-15-33-22(3)16-36(26)18-29(38)37-20-31(4,5)30-27(37)13-24(14-34-30)12-23-6-8-25(32)9-7-23/h6-9,13-14,21-22,26,28,33H,10-12,15-20H2,1-5H3/t22-,26-,28?/m1/s1. The number of carbonyl (C=O) groups excluding carboxylic acids is 1. The molecular weight excluding hydrogens is 493 g/mol. The molecule has 1 unspecified atom stereocenters. The Balaban J connectivity index is 1.33. The number of fused-ring (bicyclic) bond motifs is 1. The lowest BCUT2D eigenvalue weighted by Crippen LogP contribution is -2.62. The number of nitrogens with one attached hydrogen (secondary N) is 1. The molecule has 4 heterocycles. The summed E-state index contributed by atoms with van der Waals surface area (Å²) < 4.78 is 19.2. The number of ether oxygens (including phenoxy) is 1. The Morgan fingerprint density at radius 3 is 2.72 bits per heavy atom. The lowest BCUT2D eigenvalue weighted by atomic mass is 9.91. The Morgan fingerprint density at radius 1 is 1.21 bits per heavy atom. The van der Waals surface area contributed by atoms with Crippen LogP contribution in [-0.4, -0.2) is 91.3 Å². The van der Waals surface area contributed by atoms with Crippen LogP contribution in [0, 0.1) is 11.7 Å². The van der Waals surface area contributed by atoms with Crippen LogP contribution in [0.15, 0.2) is 36.5 Å². The molecule has 3 atom stereocenters. The Kier molecular flexibility index (Phi) is 8.38. The molecule has 2 saturated heterocycles. The van der Waals surface area contributed by atoms with Crippen molar-refractivity contribution in [1.29, 1.82) is 0 Å². The number of piperazine rings is 1. The highest BCUT2D eigenvalue weighted by Gasteiger charge is 2.41. The molecular formula is C31H44FN5O2. The van der Waals surface area contributed by atoms with Gasteiger partial charge in [-0.2, -0.15) is 0 Å². The summed E-state index contributed by atoms with van der Waals surface area (Å²) >= 11 is 0. The first-order valence-electron chi connectivity index (χ1n) is 14.4. The zero-order chi connectivity index (χ0) is 27.7. The lowest BCUT2D eigenvalue weighted by molar-refractivity contribution is -0.121. The van der Waals surface area contributed by atoms with E-state index >= 15 is 0 Å². The highest BCUT2D eigenvalue weighted by molar-refractivity contribution is 5.97. The van der Waals surface area contributed by atoms with Gasteiger partial charge in [0, 0.05) is 62.5 Å². The normalized spacial score (nSPS) is 25.7. The summed E-state index contributed by atoms with van der Waals surface area (Å²) in [4.78, 5) is 25.7. The monoisotopic (exact) mass is 537 g/mol. The van der Waals surface area contributed by atoms with Crippen molar-refractivity contribution in [3.63, 3.8) is 0 Å². The van der Waals surface area contributed by atoms with E-state index < -0.39 is 0 Å². The largest absolute Gasteiger partial charge is 0.378 e. The second-order valence-electron chi connectivity index (χ2n) is 12.7. The number of morpholine rings is 1. The molecule has 0 spiro atoms. The van der Waals surface area contributed by atoms with E-state index in [1.165, 1.54) is 12.1 Å². The van der Waals surface area contributed by atoms with Crippen molar-refractivity contribution in [2.75, 3.05) is 57.4 Å². The molecule has 2 fully saturated rings. The number of benzene rings is 1. The quantitative estimate of drug-likeness (QED) is 0.584. The molecule has 1 amide bonds. The number of hydrogen-bond acceptors (Lipinski definition) is 6. The van der Waals surface area contributed by atoms with Gasteiger partial charge < -0.3 is 15.0 Å². The second kappa shape index (κ2) is 11.6. The van der Waals surface area contributed by atoms with Gasteiger partial charge in [0.25, 0.3) is 0 Å².